The van der Waals surface area contributed by atoms with E-state index in [1.165, 1.54) is 31.0 Å². The molecule has 4 atom stereocenters. The zero-order valence-electron chi connectivity index (χ0n) is 14.9. The molecule has 0 aromatic rings. The summed E-state index contributed by atoms with van der Waals surface area (Å²) in [6, 6.07) is 3.68. The van der Waals surface area contributed by atoms with Crippen LogP contribution >= 0.6 is 0 Å². The fourth-order valence-corrected chi connectivity index (χ4v) is 9.62. The van der Waals surface area contributed by atoms with Crippen molar-refractivity contribution in [2.75, 3.05) is 0 Å². The van der Waals surface area contributed by atoms with Gasteiger partial charge in [0.05, 0.1) is 13.6 Å². The number of hydrogen-bond acceptors (Lipinski definition) is 2. The Morgan fingerprint density at radius 2 is 1.67 bits per heavy atom. The Morgan fingerprint density at radius 3 is 2.14 bits per heavy atom. The van der Waals surface area contributed by atoms with Crippen LogP contribution in [0.25, 0.3) is 0 Å². The molecule has 1 aliphatic carbocycles. The number of carbonyl (C=O) groups is 1. The monoisotopic (exact) mass is 310 g/mol. The van der Waals surface area contributed by atoms with Gasteiger partial charge in [-0.1, -0.05) is 59.7 Å². The molecule has 0 N–H and O–H groups in total. The molecule has 0 aromatic heterocycles. The van der Waals surface area contributed by atoms with Gasteiger partial charge in [-0.25, -0.2) is 0 Å². The van der Waals surface area contributed by atoms with Crippen molar-refractivity contribution in [3.8, 4) is 0 Å². The second-order valence-corrected chi connectivity index (χ2v) is 13.9. The molecular formula is C18H34O2Si. The Labute approximate surface area is 132 Å². The van der Waals surface area contributed by atoms with Crippen molar-refractivity contribution < 1.29 is 9.53 Å². The predicted octanol–water partition coefficient (Wildman–Crippen LogP) is 5.25. The maximum atomic E-state index is 12.6. The van der Waals surface area contributed by atoms with Crippen LogP contribution in [-0.4, -0.2) is 20.1 Å². The molecule has 0 unspecified atom stereocenters. The topological polar surface area (TPSA) is 26.3 Å². The van der Waals surface area contributed by atoms with Gasteiger partial charge in [0.25, 0.3) is 0 Å². The molecule has 2 rings (SSSR count). The van der Waals surface area contributed by atoms with Gasteiger partial charge in [-0.2, -0.15) is 0 Å². The van der Waals surface area contributed by atoms with Crippen molar-refractivity contribution in [2.45, 2.75) is 90.6 Å². The van der Waals surface area contributed by atoms with Crippen LogP contribution in [0.2, 0.25) is 23.7 Å². The van der Waals surface area contributed by atoms with Crippen LogP contribution in [0.5, 0.6) is 0 Å². The van der Waals surface area contributed by atoms with Crippen LogP contribution in [0.4, 0.5) is 0 Å². The van der Waals surface area contributed by atoms with Crippen LogP contribution < -0.4 is 0 Å². The van der Waals surface area contributed by atoms with E-state index in [4.69, 9.17) is 4.74 Å². The summed E-state index contributed by atoms with van der Waals surface area (Å²) in [5.74, 6) is 1.42. The number of ether oxygens (including phenoxy) is 1. The second-order valence-electron chi connectivity index (χ2n) is 8.42. The van der Waals surface area contributed by atoms with E-state index in [2.05, 4.69) is 41.5 Å². The molecule has 2 nitrogen and oxygen atoms in total. The molecule has 122 valence electrons. The standard InChI is InChI=1S/C18H34O2Si/c1-7-21(8-2,9-3)16-14-12-13(18(4,5)6)10-11-15(14)20-17(16)19/h13-16H,7-12H2,1-6H3/t13-,14-,15-,16+/m0/s1. The van der Waals surface area contributed by atoms with Crippen LogP contribution in [0.1, 0.15) is 60.8 Å². The van der Waals surface area contributed by atoms with Crippen molar-refractivity contribution in [3.63, 3.8) is 0 Å². The van der Waals surface area contributed by atoms with Gasteiger partial charge in [-0.3, -0.25) is 4.79 Å². The highest BCUT2D eigenvalue weighted by Crippen LogP contribution is 2.53. The highest BCUT2D eigenvalue weighted by Gasteiger charge is 2.56. The van der Waals surface area contributed by atoms with E-state index in [0.717, 1.165) is 12.3 Å². The molecule has 1 saturated heterocycles. The lowest BCUT2D eigenvalue weighted by Crippen LogP contribution is -2.45. The lowest BCUT2D eigenvalue weighted by molar-refractivity contribution is -0.142. The van der Waals surface area contributed by atoms with Gasteiger partial charge in [0, 0.05) is 5.92 Å². The minimum atomic E-state index is -1.52. The predicted molar refractivity (Wildman–Crippen MR) is 91.1 cm³/mol. The van der Waals surface area contributed by atoms with Gasteiger partial charge < -0.3 is 4.74 Å². The molecule has 0 spiro atoms. The fraction of sp³-hybridized carbons (Fsp3) is 0.944. The second kappa shape index (κ2) is 6.06. The lowest BCUT2D eigenvalue weighted by atomic mass is 9.68. The summed E-state index contributed by atoms with van der Waals surface area (Å²) >= 11 is 0. The molecule has 0 radical (unpaired) electrons. The number of rotatable bonds is 4. The third-order valence-electron chi connectivity index (χ3n) is 6.78. The summed E-state index contributed by atoms with van der Waals surface area (Å²) < 4.78 is 5.85. The third kappa shape index (κ3) is 2.95. The fourth-order valence-electron chi connectivity index (χ4n) is 4.97. The molecule has 2 fully saturated rings. The molecule has 3 heteroatoms. The van der Waals surface area contributed by atoms with E-state index >= 15 is 0 Å². The van der Waals surface area contributed by atoms with Crippen molar-refractivity contribution in [1.29, 1.82) is 0 Å². The summed E-state index contributed by atoms with van der Waals surface area (Å²) in [6.07, 6.45) is 3.76. The van der Waals surface area contributed by atoms with Crippen molar-refractivity contribution in [1.82, 2.24) is 0 Å². The molecular weight excluding hydrogens is 276 g/mol. The van der Waals surface area contributed by atoms with Crippen molar-refractivity contribution in [3.05, 3.63) is 0 Å². The Bertz CT molecular complexity index is 373. The highest BCUT2D eigenvalue weighted by molar-refractivity contribution is 6.83. The largest absolute Gasteiger partial charge is 0.462 e. The smallest absolute Gasteiger partial charge is 0.306 e. The Kier molecular flexibility index (Phi) is 4.92. The lowest BCUT2D eigenvalue weighted by Gasteiger charge is -2.42. The average Bonchev–Trinajstić information content (AvgIpc) is 2.77. The molecule has 1 heterocycles. The molecule has 0 bridgehead atoms. The molecule has 0 amide bonds. The number of hydrogen-bond donors (Lipinski definition) is 0. The maximum absolute atomic E-state index is 12.6. The minimum absolute atomic E-state index is 0.164. The first kappa shape index (κ1) is 17.0. The van der Waals surface area contributed by atoms with E-state index in [1.54, 1.807) is 0 Å². The van der Waals surface area contributed by atoms with E-state index in [0.29, 0.717) is 11.3 Å². The van der Waals surface area contributed by atoms with Gasteiger partial charge in [0.15, 0.2) is 0 Å². The quantitative estimate of drug-likeness (QED) is 0.523. The molecule has 2 aliphatic rings. The van der Waals surface area contributed by atoms with E-state index in [9.17, 15) is 4.79 Å². The zero-order valence-corrected chi connectivity index (χ0v) is 15.9. The minimum Gasteiger partial charge on any atom is -0.462 e. The summed E-state index contributed by atoms with van der Waals surface area (Å²) in [7, 11) is -1.52. The first-order chi connectivity index (χ1) is 9.79. The summed E-state index contributed by atoms with van der Waals surface area (Å²) in [5, 5.41) is 0. The number of carbonyl (C=O) groups excluding carboxylic acids is 1. The Hall–Kier alpha value is -0.313. The van der Waals surface area contributed by atoms with Crippen LogP contribution in [0.3, 0.4) is 0 Å². The maximum Gasteiger partial charge on any atom is 0.306 e. The zero-order chi connectivity index (χ0) is 15.8. The van der Waals surface area contributed by atoms with Crippen molar-refractivity contribution in [2.24, 2.45) is 17.3 Å². The first-order valence-corrected chi connectivity index (χ1v) is 11.7. The normalized spacial score (nSPS) is 33.7. The van der Waals surface area contributed by atoms with Crippen molar-refractivity contribution >= 4 is 14.0 Å². The third-order valence-corrected chi connectivity index (χ3v) is 13.0. The summed E-state index contributed by atoms with van der Waals surface area (Å²) in [5.41, 5.74) is 0.628. The Morgan fingerprint density at radius 1 is 1.10 bits per heavy atom. The molecule has 1 aliphatic heterocycles. The molecule has 1 saturated carbocycles. The van der Waals surface area contributed by atoms with Gasteiger partial charge >= 0.3 is 5.97 Å². The number of fused-ring (bicyclic) bond motifs is 1. The summed E-state index contributed by atoms with van der Waals surface area (Å²) in [4.78, 5) is 12.6. The summed E-state index contributed by atoms with van der Waals surface area (Å²) in [6.45, 7) is 14.0. The van der Waals surface area contributed by atoms with Crippen LogP contribution in [0, 0.1) is 17.3 Å². The average molecular weight is 311 g/mol. The Balaban J connectivity index is 2.27. The van der Waals surface area contributed by atoms with Crippen LogP contribution in [0.15, 0.2) is 0 Å². The van der Waals surface area contributed by atoms with Gasteiger partial charge in [0.2, 0.25) is 0 Å². The van der Waals surface area contributed by atoms with Crippen LogP contribution in [-0.2, 0) is 9.53 Å². The number of esters is 1. The van der Waals surface area contributed by atoms with Gasteiger partial charge in [0.1, 0.15) is 6.10 Å². The van der Waals surface area contributed by atoms with E-state index < -0.39 is 8.07 Å². The molecule has 0 aromatic carbocycles. The van der Waals surface area contributed by atoms with E-state index in [-0.39, 0.29) is 17.6 Å². The molecule has 21 heavy (non-hydrogen) atoms. The van der Waals surface area contributed by atoms with Gasteiger partial charge in [-0.15, -0.1) is 0 Å². The first-order valence-electron chi connectivity index (χ1n) is 8.99. The highest BCUT2D eigenvalue weighted by atomic mass is 28.3. The van der Waals surface area contributed by atoms with E-state index in [1.807, 2.05) is 0 Å². The SMILES string of the molecule is CC[Si](CC)(CC)[C@H]1C(=O)O[C@H]2CC[C@H](C(C)(C)C)C[C@@H]21. The van der Waals surface area contributed by atoms with Gasteiger partial charge in [-0.05, 0) is 30.6 Å².